The molecule has 3 rings (SSSR count). The Morgan fingerprint density at radius 2 is 2.05 bits per heavy atom. The molecule has 2 aromatic rings. The lowest BCUT2D eigenvalue weighted by atomic mass is 9.59. The largest absolute Gasteiger partial charge is 0.393 e. The van der Waals surface area contributed by atoms with Gasteiger partial charge in [-0.1, -0.05) is 23.7 Å². The summed E-state index contributed by atoms with van der Waals surface area (Å²) in [5, 5.41) is 20.5. The Bertz CT molecular complexity index is 644. The number of aliphatic hydroxyl groups is 2. The van der Waals surface area contributed by atoms with Gasteiger partial charge in [-0.3, -0.25) is 4.98 Å². The molecule has 1 aliphatic rings. The number of nitrogens with zero attached hydrogens (tertiary/aromatic N) is 1. The van der Waals surface area contributed by atoms with Gasteiger partial charge in [0.15, 0.2) is 0 Å². The van der Waals surface area contributed by atoms with E-state index in [0.29, 0.717) is 18.5 Å². The van der Waals surface area contributed by atoms with Crippen LogP contribution >= 0.6 is 11.6 Å². The van der Waals surface area contributed by atoms with Gasteiger partial charge in [0.05, 0.1) is 16.8 Å². The fourth-order valence-electron chi connectivity index (χ4n) is 3.02. The van der Waals surface area contributed by atoms with Crippen molar-refractivity contribution in [1.82, 2.24) is 4.98 Å². The van der Waals surface area contributed by atoms with Gasteiger partial charge >= 0.3 is 0 Å². The van der Waals surface area contributed by atoms with E-state index < -0.39 is 23.4 Å². The number of hydrogen-bond donors (Lipinski definition) is 2. The Morgan fingerprint density at radius 3 is 2.62 bits per heavy atom. The quantitative estimate of drug-likeness (QED) is 0.916. The lowest BCUT2D eigenvalue weighted by Crippen LogP contribution is -2.49. The van der Waals surface area contributed by atoms with Crippen LogP contribution in [0.4, 0.5) is 4.39 Å². The van der Waals surface area contributed by atoms with Gasteiger partial charge in [-0.2, -0.15) is 0 Å². The molecule has 1 fully saturated rings. The van der Waals surface area contributed by atoms with Crippen molar-refractivity contribution in [2.24, 2.45) is 0 Å². The highest BCUT2D eigenvalue weighted by Gasteiger charge is 2.51. The minimum absolute atomic E-state index is 0.0153. The summed E-state index contributed by atoms with van der Waals surface area (Å²) in [6, 6.07) is 9.73. The van der Waals surface area contributed by atoms with E-state index in [-0.39, 0.29) is 5.02 Å². The van der Waals surface area contributed by atoms with Crippen molar-refractivity contribution in [3.8, 4) is 0 Å². The summed E-state index contributed by atoms with van der Waals surface area (Å²) in [7, 11) is 0. The fourth-order valence-corrected chi connectivity index (χ4v) is 3.21. The number of benzene rings is 1. The van der Waals surface area contributed by atoms with Gasteiger partial charge in [0.1, 0.15) is 11.9 Å². The highest BCUT2D eigenvalue weighted by atomic mass is 35.5. The van der Waals surface area contributed by atoms with E-state index in [1.54, 1.807) is 30.5 Å². The first kappa shape index (κ1) is 14.4. The molecular weight excluding hydrogens is 293 g/mol. The average molecular weight is 308 g/mol. The van der Waals surface area contributed by atoms with E-state index in [1.165, 1.54) is 12.1 Å². The number of rotatable bonds is 3. The average Bonchev–Trinajstić information content (AvgIpc) is 2.47. The van der Waals surface area contributed by atoms with Crippen LogP contribution < -0.4 is 0 Å². The van der Waals surface area contributed by atoms with Crippen LogP contribution in [0.5, 0.6) is 0 Å². The summed E-state index contributed by atoms with van der Waals surface area (Å²) < 4.78 is 13.4. The summed E-state index contributed by atoms with van der Waals surface area (Å²) in [6.07, 6.45) is 1.05. The molecule has 3 nitrogen and oxygen atoms in total. The Labute approximate surface area is 127 Å². The maximum absolute atomic E-state index is 13.4. The lowest BCUT2D eigenvalue weighted by molar-refractivity contribution is -0.0591. The van der Waals surface area contributed by atoms with Crippen LogP contribution in [0.1, 0.15) is 30.2 Å². The van der Waals surface area contributed by atoms with Crippen LogP contribution in [-0.2, 0) is 5.41 Å². The van der Waals surface area contributed by atoms with Crippen LogP contribution in [0.2, 0.25) is 5.02 Å². The second-order valence-electron chi connectivity index (χ2n) is 5.50. The van der Waals surface area contributed by atoms with Crippen LogP contribution in [0.25, 0.3) is 0 Å². The van der Waals surface area contributed by atoms with Crippen molar-refractivity contribution in [3.05, 3.63) is 64.7 Å². The second kappa shape index (κ2) is 5.37. The highest BCUT2D eigenvalue weighted by Crippen LogP contribution is 2.52. The van der Waals surface area contributed by atoms with Crippen LogP contribution in [0.3, 0.4) is 0 Å². The van der Waals surface area contributed by atoms with E-state index in [9.17, 15) is 14.6 Å². The molecule has 0 spiro atoms. The van der Waals surface area contributed by atoms with Crippen molar-refractivity contribution < 1.29 is 14.6 Å². The van der Waals surface area contributed by atoms with E-state index in [0.717, 1.165) is 5.56 Å². The number of halogens is 2. The van der Waals surface area contributed by atoms with E-state index in [1.807, 2.05) is 0 Å². The van der Waals surface area contributed by atoms with Gasteiger partial charge in [0, 0.05) is 11.6 Å². The van der Waals surface area contributed by atoms with Crippen molar-refractivity contribution in [1.29, 1.82) is 0 Å². The van der Waals surface area contributed by atoms with Crippen molar-refractivity contribution >= 4 is 11.6 Å². The third-order valence-corrected chi connectivity index (χ3v) is 4.48. The van der Waals surface area contributed by atoms with Crippen LogP contribution in [0.15, 0.2) is 42.6 Å². The minimum Gasteiger partial charge on any atom is -0.393 e. The standard InChI is InChI=1S/C16H15ClFNO2/c17-12-7-10(4-5-13(12)18)16(8-11(20)9-16)15(21)14-3-1-2-6-19-14/h1-7,11,15,20-21H,8-9H2/t11?,15-,16?/m1/s1. The SMILES string of the molecule is OC1CC(c2ccc(F)c(Cl)c2)([C@H](O)c2ccccn2)C1. The molecule has 0 amide bonds. The summed E-state index contributed by atoms with van der Waals surface area (Å²) in [5.41, 5.74) is 0.577. The zero-order chi connectivity index (χ0) is 15.0. The fraction of sp³-hybridized carbons (Fsp3) is 0.312. The smallest absolute Gasteiger partial charge is 0.141 e. The zero-order valence-electron chi connectivity index (χ0n) is 11.2. The maximum Gasteiger partial charge on any atom is 0.141 e. The predicted molar refractivity (Wildman–Crippen MR) is 77.5 cm³/mol. The van der Waals surface area contributed by atoms with Gasteiger partial charge in [-0.25, -0.2) is 4.39 Å². The number of hydrogen-bond acceptors (Lipinski definition) is 3. The monoisotopic (exact) mass is 307 g/mol. The number of aromatic nitrogens is 1. The number of pyridine rings is 1. The molecule has 0 bridgehead atoms. The summed E-state index contributed by atoms with van der Waals surface area (Å²) >= 11 is 5.85. The molecule has 1 saturated carbocycles. The Kier molecular flexibility index (Phi) is 3.69. The molecule has 0 saturated heterocycles. The van der Waals surface area contributed by atoms with Crippen molar-refractivity contribution in [2.75, 3.05) is 0 Å². The first-order chi connectivity index (χ1) is 10.0. The molecule has 110 valence electrons. The Hall–Kier alpha value is -1.49. The highest BCUT2D eigenvalue weighted by molar-refractivity contribution is 6.30. The third kappa shape index (κ3) is 2.44. The molecule has 21 heavy (non-hydrogen) atoms. The van der Waals surface area contributed by atoms with Gasteiger partial charge in [-0.15, -0.1) is 0 Å². The van der Waals surface area contributed by atoms with Crippen molar-refractivity contribution in [3.63, 3.8) is 0 Å². The molecule has 1 aromatic heterocycles. The van der Waals surface area contributed by atoms with E-state index in [2.05, 4.69) is 4.98 Å². The topological polar surface area (TPSA) is 53.4 Å². The first-order valence-electron chi connectivity index (χ1n) is 6.75. The van der Waals surface area contributed by atoms with Gasteiger partial charge in [0.25, 0.3) is 0 Å². The maximum atomic E-state index is 13.4. The van der Waals surface area contributed by atoms with E-state index in [4.69, 9.17) is 11.6 Å². The minimum atomic E-state index is -0.872. The molecule has 1 aliphatic carbocycles. The normalized spacial score (nSPS) is 26.2. The summed E-state index contributed by atoms with van der Waals surface area (Å²) in [5.74, 6) is -0.497. The second-order valence-corrected chi connectivity index (χ2v) is 5.91. The Morgan fingerprint density at radius 1 is 1.29 bits per heavy atom. The van der Waals surface area contributed by atoms with E-state index >= 15 is 0 Å². The molecule has 0 aliphatic heterocycles. The lowest BCUT2D eigenvalue weighted by Gasteiger charge is -2.48. The predicted octanol–water partition coefficient (Wildman–Crippen LogP) is 3.00. The van der Waals surface area contributed by atoms with Gasteiger partial charge in [0.2, 0.25) is 0 Å². The molecule has 2 N–H and O–H groups in total. The molecular formula is C16H15ClFNO2. The van der Waals surface area contributed by atoms with Gasteiger partial charge in [-0.05, 0) is 42.7 Å². The molecule has 1 aromatic carbocycles. The molecule has 0 unspecified atom stereocenters. The molecule has 5 heteroatoms. The Balaban J connectivity index is 2.02. The molecule has 0 radical (unpaired) electrons. The van der Waals surface area contributed by atoms with Crippen molar-refractivity contribution in [2.45, 2.75) is 30.5 Å². The third-order valence-electron chi connectivity index (χ3n) is 4.19. The van der Waals surface area contributed by atoms with Crippen LogP contribution in [0, 0.1) is 5.82 Å². The molecule has 1 heterocycles. The van der Waals surface area contributed by atoms with Gasteiger partial charge < -0.3 is 10.2 Å². The summed E-state index contributed by atoms with van der Waals surface area (Å²) in [6.45, 7) is 0. The molecule has 1 atom stereocenters. The zero-order valence-corrected chi connectivity index (χ0v) is 12.0. The first-order valence-corrected chi connectivity index (χ1v) is 7.13. The summed E-state index contributed by atoms with van der Waals surface area (Å²) in [4.78, 5) is 4.18. The van der Waals surface area contributed by atoms with Crippen LogP contribution in [-0.4, -0.2) is 21.3 Å². The number of aliphatic hydroxyl groups excluding tert-OH is 2.